The predicted molar refractivity (Wildman–Crippen MR) is 99.9 cm³/mol. The maximum atomic E-state index is 12.1. The van der Waals surface area contributed by atoms with Crippen LogP contribution in [0.25, 0.3) is 11.1 Å². The quantitative estimate of drug-likeness (QED) is 0.463. The zero-order valence-electron chi connectivity index (χ0n) is 15.6. The van der Waals surface area contributed by atoms with Gasteiger partial charge in [-0.25, -0.2) is 4.79 Å². The third-order valence-corrected chi connectivity index (χ3v) is 3.36. The lowest BCUT2D eigenvalue weighted by atomic mass is 10.0. The molecule has 0 aliphatic carbocycles. The molecule has 0 saturated carbocycles. The van der Waals surface area contributed by atoms with E-state index in [9.17, 15) is 14.9 Å². The average Bonchev–Trinajstić information content (AvgIpc) is 2.58. The molecule has 0 aromatic heterocycles. The number of nitrogens with zero attached hydrogens (tertiary/aromatic N) is 1. The molecule has 0 heterocycles. The Labute approximate surface area is 157 Å². The first-order valence-corrected chi connectivity index (χ1v) is 8.21. The molecule has 144 valence electrons. The van der Waals surface area contributed by atoms with Crippen LogP contribution in [0.1, 0.15) is 20.8 Å². The average molecular weight is 374 g/mol. The number of carbonyl (C=O) groups excluding carboxylic acids is 1. The summed E-state index contributed by atoms with van der Waals surface area (Å²) in [5.41, 5.74) is 0.211. The first-order chi connectivity index (χ1) is 12.7. The number of nitrogens with one attached hydrogen (secondary N) is 1. The molecule has 0 spiro atoms. The minimum atomic E-state index is -0.796. The third kappa shape index (κ3) is 5.42. The number of ether oxygens (including phenoxy) is 3. The van der Waals surface area contributed by atoms with Crippen molar-refractivity contribution < 1.29 is 23.9 Å². The van der Waals surface area contributed by atoms with Gasteiger partial charge in [-0.3, -0.25) is 10.1 Å². The Kier molecular flexibility index (Phi) is 6.36. The van der Waals surface area contributed by atoms with Crippen LogP contribution in [0.4, 0.5) is 10.5 Å². The van der Waals surface area contributed by atoms with E-state index in [1.54, 1.807) is 39.0 Å². The van der Waals surface area contributed by atoms with E-state index in [1.807, 2.05) is 18.2 Å². The standard InChI is InChI=1S/C19H22N2O6/c1-19(2,3)20-18(22)27-15-11-10-14(13-8-6-5-7-9-13)17(26-12-25-4)16(15)21(23)24/h5-11H,12H2,1-4H3,(H,20,22). The highest BCUT2D eigenvalue weighted by atomic mass is 16.7. The summed E-state index contributed by atoms with van der Waals surface area (Å²) in [6.07, 6.45) is -0.796. The molecule has 8 nitrogen and oxygen atoms in total. The second kappa shape index (κ2) is 8.50. The highest BCUT2D eigenvalue weighted by molar-refractivity contribution is 5.81. The lowest BCUT2D eigenvalue weighted by Crippen LogP contribution is -2.42. The number of nitro groups is 1. The fraction of sp³-hybridized carbons (Fsp3) is 0.316. The Morgan fingerprint density at radius 2 is 1.81 bits per heavy atom. The molecule has 0 saturated heterocycles. The van der Waals surface area contributed by atoms with E-state index in [4.69, 9.17) is 14.2 Å². The minimum absolute atomic E-state index is 0.0332. The molecule has 0 bridgehead atoms. The van der Waals surface area contributed by atoms with Gasteiger partial charge in [0.15, 0.2) is 6.79 Å². The molecular formula is C19H22N2O6. The van der Waals surface area contributed by atoms with Crippen LogP contribution in [-0.2, 0) is 4.74 Å². The Hall–Kier alpha value is -3.13. The highest BCUT2D eigenvalue weighted by Gasteiger charge is 2.29. The molecule has 2 aromatic carbocycles. The number of methoxy groups -OCH3 is 1. The van der Waals surface area contributed by atoms with Crippen molar-refractivity contribution in [1.82, 2.24) is 5.32 Å². The molecule has 0 radical (unpaired) electrons. The molecule has 8 heteroatoms. The normalized spacial score (nSPS) is 11.0. The van der Waals surface area contributed by atoms with Crippen LogP contribution in [-0.4, -0.2) is 30.5 Å². The summed E-state index contributed by atoms with van der Waals surface area (Å²) < 4.78 is 15.6. The van der Waals surface area contributed by atoms with Crippen molar-refractivity contribution >= 4 is 11.8 Å². The Bertz CT molecular complexity index is 815. The molecule has 0 aliphatic rings. The number of hydrogen-bond acceptors (Lipinski definition) is 6. The summed E-state index contributed by atoms with van der Waals surface area (Å²) >= 11 is 0. The van der Waals surface area contributed by atoms with Crippen molar-refractivity contribution in [2.24, 2.45) is 0 Å². The van der Waals surface area contributed by atoms with Gasteiger partial charge in [-0.05, 0) is 38.5 Å². The summed E-state index contributed by atoms with van der Waals surface area (Å²) in [5.74, 6) is -0.248. The molecule has 27 heavy (non-hydrogen) atoms. The number of nitro benzene ring substituents is 1. The van der Waals surface area contributed by atoms with Gasteiger partial charge in [0.2, 0.25) is 11.5 Å². The van der Waals surface area contributed by atoms with Crippen LogP contribution in [0.5, 0.6) is 11.5 Å². The van der Waals surface area contributed by atoms with Crippen LogP contribution < -0.4 is 14.8 Å². The number of amides is 1. The summed E-state index contributed by atoms with van der Waals surface area (Å²) in [6.45, 7) is 5.12. The number of benzene rings is 2. The molecule has 0 atom stereocenters. The zero-order valence-corrected chi connectivity index (χ0v) is 15.6. The number of carbonyl (C=O) groups is 1. The van der Waals surface area contributed by atoms with E-state index < -0.39 is 22.2 Å². The highest BCUT2D eigenvalue weighted by Crippen LogP contribution is 2.44. The minimum Gasteiger partial charge on any atom is -0.460 e. The summed E-state index contributed by atoms with van der Waals surface area (Å²) in [5, 5.41) is 14.3. The van der Waals surface area contributed by atoms with E-state index in [-0.39, 0.29) is 18.3 Å². The number of rotatable bonds is 6. The van der Waals surface area contributed by atoms with Crippen LogP contribution in [0.15, 0.2) is 42.5 Å². The lowest BCUT2D eigenvalue weighted by Gasteiger charge is -2.20. The Morgan fingerprint density at radius 3 is 2.37 bits per heavy atom. The summed E-state index contributed by atoms with van der Waals surface area (Å²) in [7, 11) is 1.41. The monoisotopic (exact) mass is 374 g/mol. The molecule has 1 amide bonds. The second-order valence-electron chi connectivity index (χ2n) is 6.73. The molecule has 2 rings (SSSR count). The van der Waals surface area contributed by atoms with Gasteiger partial charge in [0.25, 0.3) is 0 Å². The molecular weight excluding hydrogens is 352 g/mol. The molecule has 0 fully saturated rings. The smallest absolute Gasteiger partial charge is 0.413 e. The van der Waals surface area contributed by atoms with Gasteiger partial charge in [0, 0.05) is 18.2 Å². The largest absolute Gasteiger partial charge is 0.460 e. The van der Waals surface area contributed by atoms with E-state index in [2.05, 4.69) is 5.32 Å². The van der Waals surface area contributed by atoms with E-state index in [0.29, 0.717) is 5.56 Å². The maximum absolute atomic E-state index is 12.1. The van der Waals surface area contributed by atoms with Crippen molar-refractivity contribution in [3.63, 3.8) is 0 Å². The van der Waals surface area contributed by atoms with Crippen LogP contribution in [0.3, 0.4) is 0 Å². The first kappa shape index (κ1) is 20.2. The first-order valence-electron chi connectivity index (χ1n) is 8.21. The zero-order chi connectivity index (χ0) is 20.0. The van der Waals surface area contributed by atoms with Crippen molar-refractivity contribution in [1.29, 1.82) is 0 Å². The van der Waals surface area contributed by atoms with Gasteiger partial charge in [-0.1, -0.05) is 30.3 Å². The van der Waals surface area contributed by atoms with Crippen LogP contribution in [0, 0.1) is 10.1 Å². The SMILES string of the molecule is COCOc1c(-c2ccccc2)ccc(OC(=O)NC(C)(C)C)c1[N+](=O)[O-]. The fourth-order valence-electron chi connectivity index (χ4n) is 2.35. The fourth-order valence-corrected chi connectivity index (χ4v) is 2.35. The van der Waals surface area contributed by atoms with Crippen LogP contribution >= 0.6 is 0 Å². The number of hydrogen-bond donors (Lipinski definition) is 1. The van der Waals surface area contributed by atoms with Gasteiger partial charge >= 0.3 is 11.8 Å². The van der Waals surface area contributed by atoms with Gasteiger partial charge in [-0.15, -0.1) is 0 Å². The van der Waals surface area contributed by atoms with Gasteiger partial charge in [-0.2, -0.15) is 0 Å². The molecule has 0 aliphatic heterocycles. The molecule has 2 aromatic rings. The van der Waals surface area contributed by atoms with E-state index in [0.717, 1.165) is 5.56 Å². The second-order valence-corrected chi connectivity index (χ2v) is 6.73. The predicted octanol–water partition coefficient (Wildman–Crippen LogP) is 4.13. The lowest BCUT2D eigenvalue weighted by molar-refractivity contribution is -0.386. The van der Waals surface area contributed by atoms with Gasteiger partial charge < -0.3 is 19.5 Å². The summed E-state index contributed by atoms with van der Waals surface area (Å²) in [4.78, 5) is 23.1. The Balaban J connectivity index is 2.52. The molecule has 0 unspecified atom stereocenters. The third-order valence-electron chi connectivity index (χ3n) is 3.36. The van der Waals surface area contributed by atoms with E-state index >= 15 is 0 Å². The van der Waals surface area contributed by atoms with Crippen molar-refractivity contribution in [2.75, 3.05) is 13.9 Å². The van der Waals surface area contributed by atoms with Crippen molar-refractivity contribution in [3.05, 3.63) is 52.6 Å². The Morgan fingerprint density at radius 1 is 1.15 bits per heavy atom. The van der Waals surface area contributed by atoms with Crippen molar-refractivity contribution in [2.45, 2.75) is 26.3 Å². The maximum Gasteiger partial charge on any atom is 0.413 e. The molecule has 1 N–H and O–H groups in total. The van der Waals surface area contributed by atoms with E-state index in [1.165, 1.54) is 13.2 Å². The summed E-state index contributed by atoms with van der Waals surface area (Å²) in [6, 6.07) is 12.0. The van der Waals surface area contributed by atoms with Gasteiger partial charge in [0.05, 0.1) is 4.92 Å². The van der Waals surface area contributed by atoms with Crippen LogP contribution in [0.2, 0.25) is 0 Å². The topological polar surface area (TPSA) is 99.9 Å². The van der Waals surface area contributed by atoms with Gasteiger partial charge in [0.1, 0.15) is 0 Å². The van der Waals surface area contributed by atoms with Crippen molar-refractivity contribution in [3.8, 4) is 22.6 Å².